The third-order valence-corrected chi connectivity index (χ3v) is 3.29. The summed E-state index contributed by atoms with van der Waals surface area (Å²) in [6.07, 6.45) is 3.91. The highest BCUT2D eigenvalue weighted by Gasteiger charge is 1.97. The normalized spacial score (nSPS) is 10.4. The number of pyridine rings is 1. The third kappa shape index (κ3) is 3.70. The summed E-state index contributed by atoms with van der Waals surface area (Å²) >= 11 is 2.23. The SMILES string of the molecule is O=c1ccc(I)cn1CCCc1ccccc1. The Morgan fingerprint density at radius 1 is 1.06 bits per heavy atom. The van der Waals surface area contributed by atoms with E-state index in [0.29, 0.717) is 0 Å². The van der Waals surface area contributed by atoms with Gasteiger partial charge in [0.25, 0.3) is 5.56 Å². The molecule has 0 aliphatic carbocycles. The Bertz CT molecular complexity index is 533. The van der Waals surface area contributed by atoms with Crippen LogP contribution in [-0.2, 0) is 13.0 Å². The molecule has 0 saturated carbocycles. The van der Waals surface area contributed by atoms with Crippen LogP contribution in [-0.4, -0.2) is 4.57 Å². The lowest BCUT2D eigenvalue weighted by molar-refractivity contribution is 0.620. The van der Waals surface area contributed by atoms with Gasteiger partial charge >= 0.3 is 0 Å². The van der Waals surface area contributed by atoms with Crippen LogP contribution in [0.4, 0.5) is 0 Å². The van der Waals surface area contributed by atoms with Gasteiger partial charge < -0.3 is 4.57 Å². The van der Waals surface area contributed by atoms with Gasteiger partial charge in [-0.05, 0) is 47.1 Å². The van der Waals surface area contributed by atoms with Crippen molar-refractivity contribution in [2.75, 3.05) is 0 Å². The van der Waals surface area contributed by atoms with Crippen molar-refractivity contribution in [2.45, 2.75) is 19.4 Å². The van der Waals surface area contributed by atoms with E-state index in [4.69, 9.17) is 0 Å². The number of rotatable bonds is 4. The zero-order chi connectivity index (χ0) is 12.1. The molecule has 2 aromatic rings. The van der Waals surface area contributed by atoms with E-state index in [1.54, 1.807) is 10.6 Å². The average Bonchev–Trinajstić information content (AvgIpc) is 2.35. The van der Waals surface area contributed by atoms with Crippen molar-refractivity contribution in [2.24, 2.45) is 0 Å². The van der Waals surface area contributed by atoms with Crippen molar-refractivity contribution in [3.05, 3.63) is 68.1 Å². The predicted molar refractivity (Wildman–Crippen MR) is 78.2 cm³/mol. The third-order valence-electron chi connectivity index (χ3n) is 2.65. The lowest BCUT2D eigenvalue weighted by Crippen LogP contribution is -2.18. The smallest absolute Gasteiger partial charge is 0.250 e. The molecule has 0 N–H and O–H groups in total. The van der Waals surface area contributed by atoms with Crippen molar-refractivity contribution in [3.8, 4) is 0 Å². The van der Waals surface area contributed by atoms with Crippen LogP contribution in [0.3, 0.4) is 0 Å². The summed E-state index contributed by atoms with van der Waals surface area (Å²) in [7, 11) is 0. The highest BCUT2D eigenvalue weighted by Crippen LogP contribution is 2.04. The number of benzene rings is 1. The average molecular weight is 339 g/mol. The van der Waals surface area contributed by atoms with Gasteiger partial charge in [-0.25, -0.2) is 0 Å². The molecule has 1 heterocycles. The van der Waals surface area contributed by atoms with E-state index >= 15 is 0 Å². The molecule has 88 valence electrons. The van der Waals surface area contributed by atoms with Gasteiger partial charge in [0.2, 0.25) is 0 Å². The lowest BCUT2D eigenvalue weighted by atomic mass is 10.1. The van der Waals surface area contributed by atoms with Gasteiger partial charge in [0.1, 0.15) is 0 Å². The molecular formula is C14H14INO. The van der Waals surface area contributed by atoms with E-state index in [1.807, 2.05) is 30.5 Å². The van der Waals surface area contributed by atoms with Gasteiger partial charge in [-0.15, -0.1) is 0 Å². The number of hydrogen-bond donors (Lipinski definition) is 0. The number of hydrogen-bond acceptors (Lipinski definition) is 1. The minimum absolute atomic E-state index is 0.0819. The standard InChI is InChI=1S/C14H14INO/c15-13-8-9-14(17)16(11-13)10-4-7-12-5-2-1-3-6-12/h1-3,5-6,8-9,11H,4,7,10H2. The molecule has 0 saturated heterocycles. The summed E-state index contributed by atoms with van der Waals surface area (Å²) in [5.41, 5.74) is 1.41. The number of aromatic nitrogens is 1. The topological polar surface area (TPSA) is 22.0 Å². The predicted octanol–water partition coefficient (Wildman–Crippen LogP) is 3.09. The second-order valence-electron chi connectivity index (χ2n) is 3.97. The van der Waals surface area contributed by atoms with E-state index in [9.17, 15) is 4.79 Å². The van der Waals surface area contributed by atoms with Crippen molar-refractivity contribution in [1.82, 2.24) is 4.57 Å². The number of aryl methyl sites for hydroxylation is 2. The second-order valence-corrected chi connectivity index (χ2v) is 5.21. The van der Waals surface area contributed by atoms with Gasteiger partial charge in [0.15, 0.2) is 0 Å². The minimum Gasteiger partial charge on any atom is -0.314 e. The van der Waals surface area contributed by atoms with E-state index in [1.165, 1.54) is 5.56 Å². The van der Waals surface area contributed by atoms with Crippen molar-refractivity contribution in [3.63, 3.8) is 0 Å². The summed E-state index contributed by atoms with van der Waals surface area (Å²) in [4.78, 5) is 11.6. The van der Waals surface area contributed by atoms with Crippen LogP contribution >= 0.6 is 22.6 Å². The molecule has 0 amide bonds. The molecule has 0 unspecified atom stereocenters. The molecule has 0 aliphatic heterocycles. The fourth-order valence-corrected chi connectivity index (χ4v) is 2.29. The molecule has 17 heavy (non-hydrogen) atoms. The lowest BCUT2D eigenvalue weighted by Gasteiger charge is -2.05. The summed E-state index contributed by atoms with van der Waals surface area (Å²) < 4.78 is 2.88. The molecule has 1 aromatic carbocycles. The maximum Gasteiger partial charge on any atom is 0.250 e. The largest absolute Gasteiger partial charge is 0.314 e. The van der Waals surface area contributed by atoms with Crippen molar-refractivity contribution < 1.29 is 0 Å². The van der Waals surface area contributed by atoms with Gasteiger partial charge in [-0.3, -0.25) is 4.79 Å². The Morgan fingerprint density at radius 3 is 2.59 bits per heavy atom. The van der Waals surface area contributed by atoms with Crippen LogP contribution in [0.2, 0.25) is 0 Å². The summed E-state index contributed by atoms with van der Waals surface area (Å²) in [5.74, 6) is 0. The minimum atomic E-state index is 0.0819. The summed E-state index contributed by atoms with van der Waals surface area (Å²) in [5, 5.41) is 0. The molecule has 2 rings (SSSR count). The Morgan fingerprint density at radius 2 is 1.82 bits per heavy atom. The number of halogens is 1. The van der Waals surface area contributed by atoms with Crippen LogP contribution in [0.1, 0.15) is 12.0 Å². The quantitative estimate of drug-likeness (QED) is 0.785. The van der Waals surface area contributed by atoms with Gasteiger partial charge in [0, 0.05) is 22.4 Å². The van der Waals surface area contributed by atoms with Crippen molar-refractivity contribution >= 4 is 22.6 Å². The zero-order valence-corrected chi connectivity index (χ0v) is 11.6. The number of nitrogens with zero attached hydrogens (tertiary/aromatic N) is 1. The highest BCUT2D eigenvalue weighted by molar-refractivity contribution is 14.1. The molecule has 0 bridgehead atoms. The Balaban J connectivity index is 1.94. The molecule has 1 aromatic heterocycles. The van der Waals surface area contributed by atoms with Crippen molar-refractivity contribution in [1.29, 1.82) is 0 Å². The van der Waals surface area contributed by atoms with Gasteiger partial charge in [0.05, 0.1) is 0 Å². The molecule has 0 fully saturated rings. The maximum absolute atomic E-state index is 11.6. The molecule has 2 nitrogen and oxygen atoms in total. The van der Waals surface area contributed by atoms with Gasteiger partial charge in [-0.1, -0.05) is 30.3 Å². The van der Waals surface area contributed by atoms with E-state index in [0.717, 1.165) is 23.0 Å². The zero-order valence-electron chi connectivity index (χ0n) is 9.47. The first-order valence-electron chi connectivity index (χ1n) is 5.65. The van der Waals surface area contributed by atoms with Crippen LogP contribution in [0.15, 0.2) is 53.5 Å². The molecule has 3 heteroatoms. The molecular weight excluding hydrogens is 325 g/mol. The highest BCUT2D eigenvalue weighted by atomic mass is 127. The molecule has 0 aliphatic rings. The summed E-state index contributed by atoms with van der Waals surface area (Å²) in [6.45, 7) is 0.782. The first-order chi connectivity index (χ1) is 8.25. The van der Waals surface area contributed by atoms with E-state index < -0.39 is 0 Å². The first kappa shape index (κ1) is 12.4. The van der Waals surface area contributed by atoms with Crippen LogP contribution in [0, 0.1) is 3.57 Å². The van der Waals surface area contributed by atoms with E-state index in [-0.39, 0.29) is 5.56 Å². The first-order valence-corrected chi connectivity index (χ1v) is 6.73. The molecule has 0 radical (unpaired) electrons. The van der Waals surface area contributed by atoms with E-state index in [2.05, 4.69) is 34.7 Å². The van der Waals surface area contributed by atoms with Crippen LogP contribution in [0.5, 0.6) is 0 Å². The van der Waals surface area contributed by atoms with Gasteiger partial charge in [-0.2, -0.15) is 0 Å². The maximum atomic E-state index is 11.6. The monoisotopic (exact) mass is 339 g/mol. The van der Waals surface area contributed by atoms with Crippen LogP contribution in [0.25, 0.3) is 0 Å². The Kier molecular flexibility index (Phi) is 4.36. The summed E-state index contributed by atoms with van der Waals surface area (Å²) in [6, 6.07) is 13.8. The van der Waals surface area contributed by atoms with Crippen LogP contribution < -0.4 is 5.56 Å². The molecule has 0 spiro atoms. The molecule has 0 atom stereocenters. The Labute approximate surface area is 114 Å². The second kappa shape index (κ2) is 6.00. The Hall–Kier alpha value is -1.10. The fourth-order valence-electron chi connectivity index (χ4n) is 1.78. The fraction of sp³-hybridized carbons (Fsp3) is 0.214.